The standard InChI is InChI=1S/C8H9N5O/c9-6-7(10-5-11-8(6)14)12-13-3-1-2-4-13/h1-5H,9H2,(H2,10,11,12,14). The van der Waals surface area contributed by atoms with Crippen molar-refractivity contribution in [2.45, 2.75) is 0 Å². The summed E-state index contributed by atoms with van der Waals surface area (Å²) in [7, 11) is 0. The van der Waals surface area contributed by atoms with E-state index in [0.717, 1.165) is 0 Å². The first-order valence-corrected chi connectivity index (χ1v) is 4.00. The molecule has 14 heavy (non-hydrogen) atoms. The van der Waals surface area contributed by atoms with Gasteiger partial charge in [-0.15, -0.1) is 0 Å². The summed E-state index contributed by atoms with van der Waals surface area (Å²) in [6.45, 7) is 0. The first-order valence-electron chi connectivity index (χ1n) is 4.00. The second kappa shape index (κ2) is 3.25. The van der Waals surface area contributed by atoms with Crippen LogP contribution in [0, 0.1) is 0 Å². The summed E-state index contributed by atoms with van der Waals surface area (Å²) in [5.74, 6) is 0.338. The maximum atomic E-state index is 11.1. The molecule has 0 amide bonds. The van der Waals surface area contributed by atoms with Gasteiger partial charge in [0.1, 0.15) is 5.69 Å². The van der Waals surface area contributed by atoms with Crippen LogP contribution in [0.2, 0.25) is 0 Å². The molecule has 0 fully saturated rings. The number of anilines is 2. The van der Waals surface area contributed by atoms with Crippen molar-refractivity contribution in [2.24, 2.45) is 0 Å². The van der Waals surface area contributed by atoms with E-state index in [1.165, 1.54) is 6.33 Å². The Morgan fingerprint density at radius 3 is 2.86 bits per heavy atom. The van der Waals surface area contributed by atoms with Crippen LogP contribution in [0.25, 0.3) is 0 Å². The molecule has 0 saturated heterocycles. The van der Waals surface area contributed by atoms with E-state index in [0.29, 0.717) is 5.82 Å². The van der Waals surface area contributed by atoms with Gasteiger partial charge in [-0.2, -0.15) is 0 Å². The smallest absolute Gasteiger partial charge is 0.276 e. The number of aromatic nitrogens is 3. The maximum absolute atomic E-state index is 11.1. The average Bonchev–Trinajstić information content (AvgIpc) is 2.66. The Kier molecular flexibility index (Phi) is 1.94. The summed E-state index contributed by atoms with van der Waals surface area (Å²) in [6.07, 6.45) is 4.86. The first kappa shape index (κ1) is 8.36. The van der Waals surface area contributed by atoms with Gasteiger partial charge in [0, 0.05) is 12.4 Å². The third kappa shape index (κ3) is 1.45. The van der Waals surface area contributed by atoms with Gasteiger partial charge in [0.2, 0.25) is 0 Å². The Hall–Kier alpha value is -2.24. The van der Waals surface area contributed by atoms with E-state index in [1.54, 1.807) is 17.1 Å². The summed E-state index contributed by atoms with van der Waals surface area (Å²) in [4.78, 5) is 17.4. The molecule has 0 atom stereocenters. The molecular weight excluding hydrogens is 182 g/mol. The molecule has 0 aliphatic rings. The van der Waals surface area contributed by atoms with Crippen LogP contribution in [0.5, 0.6) is 0 Å². The zero-order chi connectivity index (χ0) is 9.97. The second-order valence-corrected chi connectivity index (χ2v) is 2.70. The van der Waals surface area contributed by atoms with Crippen molar-refractivity contribution in [1.29, 1.82) is 0 Å². The van der Waals surface area contributed by atoms with Crippen molar-refractivity contribution in [1.82, 2.24) is 14.6 Å². The molecular formula is C8H9N5O. The zero-order valence-electron chi connectivity index (χ0n) is 7.27. The zero-order valence-corrected chi connectivity index (χ0v) is 7.27. The van der Waals surface area contributed by atoms with Crippen molar-refractivity contribution in [3.05, 3.63) is 41.2 Å². The molecule has 0 radical (unpaired) electrons. The van der Waals surface area contributed by atoms with Gasteiger partial charge in [0.15, 0.2) is 5.82 Å². The van der Waals surface area contributed by atoms with Crippen molar-refractivity contribution in [3.8, 4) is 0 Å². The van der Waals surface area contributed by atoms with Crippen LogP contribution >= 0.6 is 0 Å². The monoisotopic (exact) mass is 191 g/mol. The minimum Gasteiger partial charge on any atom is -0.391 e. The quantitative estimate of drug-likeness (QED) is 0.624. The van der Waals surface area contributed by atoms with Crippen LogP contribution in [-0.2, 0) is 0 Å². The van der Waals surface area contributed by atoms with Crippen LogP contribution < -0.4 is 16.7 Å². The number of aromatic amines is 1. The molecule has 2 aromatic heterocycles. The van der Waals surface area contributed by atoms with E-state index >= 15 is 0 Å². The van der Waals surface area contributed by atoms with Crippen LogP contribution in [0.3, 0.4) is 0 Å². The Balaban J connectivity index is 2.34. The van der Waals surface area contributed by atoms with Gasteiger partial charge in [-0.25, -0.2) is 4.98 Å². The third-order valence-electron chi connectivity index (χ3n) is 1.73. The van der Waals surface area contributed by atoms with E-state index in [1.807, 2.05) is 12.1 Å². The predicted octanol–water partition coefficient (Wildman–Crippen LogP) is 0.0288. The molecule has 2 heterocycles. The number of hydrogen-bond acceptors (Lipinski definition) is 4. The van der Waals surface area contributed by atoms with E-state index < -0.39 is 0 Å². The van der Waals surface area contributed by atoms with Crippen molar-refractivity contribution >= 4 is 11.5 Å². The molecule has 6 heteroatoms. The molecule has 0 unspecified atom stereocenters. The SMILES string of the molecule is Nc1c(Nn2cccc2)nc[nH]c1=O. The lowest BCUT2D eigenvalue weighted by molar-refractivity contribution is 0.944. The minimum absolute atomic E-state index is 0.0706. The van der Waals surface area contributed by atoms with E-state index in [-0.39, 0.29) is 11.2 Å². The molecule has 6 nitrogen and oxygen atoms in total. The van der Waals surface area contributed by atoms with E-state index in [4.69, 9.17) is 5.73 Å². The maximum Gasteiger partial charge on any atom is 0.276 e. The molecule has 72 valence electrons. The fourth-order valence-electron chi connectivity index (χ4n) is 1.03. The summed E-state index contributed by atoms with van der Waals surface area (Å²) < 4.78 is 1.65. The number of H-pyrrole nitrogens is 1. The highest BCUT2D eigenvalue weighted by molar-refractivity contribution is 5.58. The number of nitrogens with one attached hydrogen (secondary N) is 2. The van der Waals surface area contributed by atoms with Gasteiger partial charge in [-0.3, -0.25) is 14.9 Å². The summed E-state index contributed by atoms with van der Waals surface area (Å²) in [6, 6.07) is 3.69. The number of nitrogens with two attached hydrogens (primary N) is 1. The molecule has 0 bridgehead atoms. The largest absolute Gasteiger partial charge is 0.391 e. The summed E-state index contributed by atoms with van der Waals surface area (Å²) in [5.41, 5.74) is 8.09. The third-order valence-corrected chi connectivity index (χ3v) is 1.73. The highest BCUT2D eigenvalue weighted by Crippen LogP contribution is 2.07. The molecule has 2 rings (SSSR count). The fourth-order valence-corrected chi connectivity index (χ4v) is 1.03. The molecule has 0 aliphatic carbocycles. The van der Waals surface area contributed by atoms with Gasteiger partial charge < -0.3 is 10.7 Å². The van der Waals surface area contributed by atoms with E-state index in [9.17, 15) is 4.79 Å². The lowest BCUT2D eigenvalue weighted by Crippen LogP contribution is -2.18. The van der Waals surface area contributed by atoms with Gasteiger partial charge in [-0.05, 0) is 12.1 Å². The molecule has 0 aliphatic heterocycles. The minimum atomic E-state index is -0.352. The number of hydrogen-bond donors (Lipinski definition) is 3. The van der Waals surface area contributed by atoms with Crippen LogP contribution in [0.15, 0.2) is 35.6 Å². The van der Waals surface area contributed by atoms with Crippen LogP contribution in [-0.4, -0.2) is 14.6 Å². The summed E-state index contributed by atoms with van der Waals surface area (Å²) >= 11 is 0. The molecule has 0 saturated carbocycles. The number of nitrogens with zero attached hydrogens (tertiary/aromatic N) is 2. The van der Waals surface area contributed by atoms with Gasteiger partial charge in [0.25, 0.3) is 5.56 Å². The number of rotatable bonds is 2. The second-order valence-electron chi connectivity index (χ2n) is 2.70. The van der Waals surface area contributed by atoms with Crippen molar-refractivity contribution in [2.75, 3.05) is 11.2 Å². The van der Waals surface area contributed by atoms with Crippen molar-refractivity contribution < 1.29 is 0 Å². The number of nitrogen functional groups attached to an aromatic ring is 1. The van der Waals surface area contributed by atoms with Gasteiger partial charge in [-0.1, -0.05) is 0 Å². The topological polar surface area (TPSA) is 88.7 Å². The Morgan fingerprint density at radius 1 is 1.43 bits per heavy atom. The van der Waals surface area contributed by atoms with Gasteiger partial charge in [0.05, 0.1) is 6.33 Å². The van der Waals surface area contributed by atoms with Crippen LogP contribution in [0.4, 0.5) is 11.5 Å². The highest BCUT2D eigenvalue weighted by atomic mass is 16.1. The fraction of sp³-hybridized carbons (Fsp3) is 0. The van der Waals surface area contributed by atoms with Crippen LogP contribution in [0.1, 0.15) is 0 Å². The molecule has 2 aromatic rings. The van der Waals surface area contributed by atoms with E-state index in [2.05, 4.69) is 15.4 Å². The lowest BCUT2D eigenvalue weighted by atomic mass is 10.5. The first-order chi connectivity index (χ1) is 6.77. The highest BCUT2D eigenvalue weighted by Gasteiger charge is 2.02. The van der Waals surface area contributed by atoms with Crippen molar-refractivity contribution in [3.63, 3.8) is 0 Å². The predicted molar refractivity (Wildman–Crippen MR) is 52.7 cm³/mol. The average molecular weight is 191 g/mol. The molecule has 4 N–H and O–H groups in total. The summed E-state index contributed by atoms with van der Waals surface area (Å²) in [5, 5.41) is 0. The van der Waals surface area contributed by atoms with Gasteiger partial charge >= 0.3 is 0 Å². The molecule has 0 spiro atoms. The normalized spacial score (nSPS) is 10.0. The lowest BCUT2D eigenvalue weighted by Gasteiger charge is -2.07. The Labute approximate surface area is 79.4 Å². The Bertz CT molecular complexity index is 473. The Morgan fingerprint density at radius 2 is 2.14 bits per heavy atom. The molecule has 0 aromatic carbocycles.